The van der Waals surface area contributed by atoms with Gasteiger partial charge in [0.25, 0.3) is 0 Å². The van der Waals surface area contributed by atoms with Crippen LogP contribution < -0.4 is 4.90 Å². The minimum absolute atomic E-state index is 0.0232. The largest absolute Gasteiger partial charge is 0.331 e. The zero-order valence-electron chi connectivity index (χ0n) is 24.7. The predicted molar refractivity (Wildman–Crippen MR) is 176 cm³/mol. The van der Waals surface area contributed by atoms with E-state index < -0.39 is 0 Å². The van der Waals surface area contributed by atoms with Crippen molar-refractivity contribution < 1.29 is 0 Å². The summed E-state index contributed by atoms with van der Waals surface area (Å²) in [7, 11) is 0. The molecule has 3 aliphatic carbocycles. The molecule has 0 saturated heterocycles. The van der Waals surface area contributed by atoms with Crippen molar-refractivity contribution in [3.8, 4) is 5.69 Å². The summed E-state index contributed by atoms with van der Waals surface area (Å²) in [5, 5.41) is 1.43. The van der Waals surface area contributed by atoms with Gasteiger partial charge in [-0.15, -0.1) is 0 Å². The number of rotatable bonds is 3. The minimum Gasteiger partial charge on any atom is -0.331 e. The number of benzene rings is 4. The van der Waals surface area contributed by atoms with Crippen molar-refractivity contribution in [3.05, 3.63) is 137 Å². The fraction of sp³-hybridized carbons (Fsp3) is 0.250. The van der Waals surface area contributed by atoms with Gasteiger partial charge in [0, 0.05) is 39.1 Å². The van der Waals surface area contributed by atoms with Gasteiger partial charge in [0.2, 0.25) is 0 Å². The van der Waals surface area contributed by atoms with Crippen molar-refractivity contribution in [1.29, 1.82) is 0 Å². The Labute approximate surface area is 248 Å². The van der Waals surface area contributed by atoms with Crippen LogP contribution in [0.15, 0.2) is 103 Å². The van der Waals surface area contributed by atoms with E-state index in [1.807, 2.05) is 0 Å². The number of aromatic nitrogens is 1. The van der Waals surface area contributed by atoms with E-state index >= 15 is 0 Å². The quantitative estimate of drug-likeness (QED) is 0.219. The van der Waals surface area contributed by atoms with E-state index in [9.17, 15) is 0 Å². The van der Waals surface area contributed by atoms with E-state index in [1.54, 1.807) is 5.57 Å². The van der Waals surface area contributed by atoms with Gasteiger partial charge in [0.15, 0.2) is 0 Å². The number of hydrogen-bond donors (Lipinski definition) is 0. The molecule has 3 atom stereocenters. The number of fused-ring (bicyclic) bond motifs is 6. The highest BCUT2D eigenvalue weighted by atomic mass is 15.3. The van der Waals surface area contributed by atoms with E-state index in [0.717, 1.165) is 12.8 Å². The number of hydrogen-bond acceptors (Lipinski definition) is 1. The zero-order chi connectivity index (χ0) is 28.2. The van der Waals surface area contributed by atoms with Crippen LogP contribution in [0.3, 0.4) is 0 Å². The molecule has 2 bridgehead atoms. The lowest BCUT2D eigenvalue weighted by atomic mass is 9.78. The molecule has 42 heavy (non-hydrogen) atoms. The maximum Gasteiger partial charge on any atom is 0.0718 e. The third-order valence-corrected chi connectivity index (χ3v) is 10.8. The van der Waals surface area contributed by atoms with E-state index in [1.165, 1.54) is 74.3 Å². The topological polar surface area (TPSA) is 8.17 Å². The van der Waals surface area contributed by atoms with Crippen LogP contribution in [0.2, 0.25) is 0 Å². The number of anilines is 2. The Hall–Kier alpha value is -4.30. The maximum atomic E-state index is 2.69. The van der Waals surface area contributed by atoms with Crippen LogP contribution in [-0.4, -0.2) is 10.1 Å². The Morgan fingerprint density at radius 3 is 2.40 bits per heavy atom. The van der Waals surface area contributed by atoms with Gasteiger partial charge in [-0.1, -0.05) is 67.6 Å². The second kappa shape index (κ2) is 8.38. The summed E-state index contributed by atoms with van der Waals surface area (Å²) in [6, 6.07) is 34.6. The monoisotopic (exact) mass is 544 g/mol. The summed E-state index contributed by atoms with van der Waals surface area (Å²) in [5.74, 6) is 0.506. The summed E-state index contributed by atoms with van der Waals surface area (Å²) >= 11 is 0. The Morgan fingerprint density at radius 2 is 1.57 bits per heavy atom. The lowest BCUT2D eigenvalue weighted by Gasteiger charge is -2.37. The van der Waals surface area contributed by atoms with Gasteiger partial charge >= 0.3 is 0 Å². The summed E-state index contributed by atoms with van der Waals surface area (Å²) in [4.78, 5) is 2.69. The van der Waals surface area contributed by atoms with Gasteiger partial charge in [0.1, 0.15) is 0 Å². The molecule has 0 N–H and O–H groups in total. The first-order valence-corrected chi connectivity index (χ1v) is 15.6. The van der Waals surface area contributed by atoms with Crippen molar-refractivity contribution >= 4 is 33.9 Å². The zero-order valence-corrected chi connectivity index (χ0v) is 24.7. The molecule has 1 saturated carbocycles. The third kappa shape index (κ3) is 3.10. The van der Waals surface area contributed by atoms with Crippen molar-refractivity contribution in [2.45, 2.75) is 63.3 Å². The van der Waals surface area contributed by atoms with Gasteiger partial charge in [-0.3, -0.25) is 0 Å². The summed E-state index contributed by atoms with van der Waals surface area (Å²) in [6.45, 7) is 6.80. The lowest BCUT2D eigenvalue weighted by molar-refractivity contribution is 0.540. The van der Waals surface area contributed by atoms with Gasteiger partial charge < -0.3 is 9.47 Å². The van der Waals surface area contributed by atoms with Crippen LogP contribution in [0.4, 0.5) is 11.4 Å². The van der Waals surface area contributed by atoms with Crippen LogP contribution in [0, 0.1) is 13.8 Å². The number of nitrogens with zero attached hydrogens (tertiary/aromatic N) is 2. The average molecular weight is 545 g/mol. The van der Waals surface area contributed by atoms with Crippen molar-refractivity contribution in [2.75, 3.05) is 4.90 Å². The first-order valence-electron chi connectivity index (χ1n) is 15.6. The second-order valence-electron chi connectivity index (χ2n) is 13.4. The van der Waals surface area contributed by atoms with Crippen LogP contribution in [-0.2, 0) is 5.41 Å². The van der Waals surface area contributed by atoms with Crippen molar-refractivity contribution in [1.82, 2.24) is 4.57 Å². The van der Waals surface area contributed by atoms with Gasteiger partial charge in [-0.25, -0.2) is 0 Å². The van der Waals surface area contributed by atoms with E-state index in [2.05, 4.69) is 139 Å². The minimum atomic E-state index is 0.0232. The molecule has 0 amide bonds. The highest BCUT2D eigenvalue weighted by molar-refractivity contribution is 5.99. The molecule has 2 nitrogen and oxygen atoms in total. The highest BCUT2D eigenvalue weighted by Gasteiger charge is 2.62. The summed E-state index contributed by atoms with van der Waals surface area (Å²) in [5.41, 5.74) is 15.3. The fourth-order valence-electron chi connectivity index (χ4n) is 9.02. The Morgan fingerprint density at radius 1 is 0.786 bits per heavy atom. The molecular weight excluding hydrogens is 508 g/mol. The Balaban J connectivity index is 1.23. The molecule has 0 radical (unpaired) electrons. The number of aryl methyl sites for hydroxylation is 2. The first kappa shape index (κ1) is 24.3. The molecule has 5 aromatic rings. The third-order valence-electron chi connectivity index (χ3n) is 10.8. The van der Waals surface area contributed by atoms with Gasteiger partial charge in [0.05, 0.1) is 11.1 Å². The Kier molecular flexibility index (Phi) is 4.85. The SMILES string of the molecule is Cc1cccc(N2c3ccccc3C3=CC4(c5ccc6c(c5)c5c(n6-c6cccc(C)c6)C=CCC5C)CCC32C4)c1. The van der Waals surface area contributed by atoms with Crippen molar-refractivity contribution in [3.63, 3.8) is 0 Å². The lowest BCUT2D eigenvalue weighted by Crippen LogP contribution is -2.39. The standard InChI is InChI=1S/C40H36N2/c1-26-9-6-12-30(21-26)41-35-18-17-29(23-33(35)38-28(3)11-8-16-37(38)41)39-19-20-40(25-39)34(24-39)32-14-4-5-15-36(32)42(40)31-13-7-10-27(2)22-31/h4-10,12-18,21-24,28H,11,19-20,25H2,1-3H3. The van der Waals surface area contributed by atoms with E-state index in [-0.39, 0.29) is 11.0 Å². The van der Waals surface area contributed by atoms with Gasteiger partial charge in [-0.05, 0) is 122 Å². The average Bonchev–Trinajstić information content (AvgIpc) is 3.71. The normalized spacial score (nSPS) is 25.1. The molecule has 4 aliphatic rings. The summed E-state index contributed by atoms with van der Waals surface area (Å²) in [6.07, 6.45) is 12.0. The molecule has 3 unspecified atom stereocenters. The molecule has 2 heterocycles. The molecule has 9 rings (SSSR count). The van der Waals surface area contributed by atoms with E-state index in [4.69, 9.17) is 0 Å². The molecule has 1 spiro atoms. The second-order valence-corrected chi connectivity index (χ2v) is 13.4. The molecule has 206 valence electrons. The predicted octanol–water partition coefficient (Wildman–Crippen LogP) is 10.2. The summed E-state index contributed by atoms with van der Waals surface area (Å²) < 4.78 is 2.50. The smallest absolute Gasteiger partial charge is 0.0718 e. The maximum absolute atomic E-state index is 2.69. The number of allylic oxidation sites excluding steroid dienone is 2. The first-order chi connectivity index (χ1) is 20.5. The van der Waals surface area contributed by atoms with Crippen LogP contribution in [0.25, 0.3) is 28.2 Å². The molecule has 4 aromatic carbocycles. The van der Waals surface area contributed by atoms with Crippen molar-refractivity contribution in [2.24, 2.45) is 0 Å². The highest BCUT2D eigenvalue weighted by Crippen LogP contribution is 2.68. The van der Waals surface area contributed by atoms with Crippen LogP contribution in [0.1, 0.15) is 72.0 Å². The molecular formula is C40H36N2. The van der Waals surface area contributed by atoms with Crippen LogP contribution >= 0.6 is 0 Å². The van der Waals surface area contributed by atoms with Gasteiger partial charge in [-0.2, -0.15) is 0 Å². The number of para-hydroxylation sites is 1. The molecule has 1 aliphatic heterocycles. The fourth-order valence-corrected chi connectivity index (χ4v) is 9.02. The van der Waals surface area contributed by atoms with Crippen LogP contribution in [0.5, 0.6) is 0 Å². The molecule has 1 fully saturated rings. The van der Waals surface area contributed by atoms with E-state index in [0.29, 0.717) is 5.92 Å². The Bertz CT molecular complexity index is 2000. The molecule has 2 heteroatoms. The molecule has 1 aromatic heterocycles.